The molecule has 1 rings (SSSR count). The highest BCUT2D eigenvalue weighted by atomic mass is 35.5. The van der Waals surface area contributed by atoms with E-state index in [4.69, 9.17) is 34.8 Å². The van der Waals surface area contributed by atoms with E-state index in [0.29, 0.717) is 17.6 Å². The van der Waals surface area contributed by atoms with Gasteiger partial charge in [0.1, 0.15) is 0 Å². The van der Waals surface area contributed by atoms with E-state index in [9.17, 15) is 0 Å². The molecule has 1 aromatic rings. The lowest BCUT2D eigenvalue weighted by Gasteiger charge is -2.04. The molecule has 0 bridgehead atoms. The van der Waals surface area contributed by atoms with Crippen LogP contribution < -0.4 is 0 Å². The quantitative estimate of drug-likeness (QED) is 0.528. The van der Waals surface area contributed by atoms with Crippen molar-refractivity contribution in [3.05, 3.63) is 34.9 Å². The van der Waals surface area contributed by atoms with Crippen LogP contribution in [0.25, 0.3) is 0 Å². The Balaban J connectivity index is -0.0000000960. The average Bonchev–Trinajstić information content (AvgIpc) is 2.16. The minimum Gasteiger partial charge on any atom is -0.147 e. The van der Waals surface area contributed by atoms with E-state index in [1.807, 2.05) is 18.2 Å². The van der Waals surface area contributed by atoms with Crippen LogP contribution in [0, 0.1) is 0 Å². The zero-order valence-corrected chi connectivity index (χ0v) is 13.7. The molecule has 0 amide bonds. The summed E-state index contributed by atoms with van der Waals surface area (Å²) < 4.78 is 0. The van der Waals surface area contributed by atoms with Gasteiger partial charge in [-0.1, -0.05) is 18.2 Å². The first-order valence-electron chi connectivity index (χ1n) is 3.60. The summed E-state index contributed by atoms with van der Waals surface area (Å²) in [5.41, 5.74) is 3.24. The van der Waals surface area contributed by atoms with Gasteiger partial charge in [0, 0.05) is 17.6 Å². The fourth-order valence-corrected chi connectivity index (χ4v) is 1.69. The third kappa shape index (κ3) is 9.98. The van der Waals surface area contributed by atoms with Gasteiger partial charge in [0.15, 0.2) is 0 Å². The first-order chi connectivity index (χ1) is 5.81. The van der Waals surface area contributed by atoms with Crippen LogP contribution in [-0.2, 0) is 17.6 Å². The van der Waals surface area contributed by atoms with Crippen molar-refractivity contribution in [2.45, 2.75) is 17.6 Å². The third-order valence-electron chi connectivity index (χ3n) is 1.71. The first kappa shape index (κ1) is 31.1. The number of halogens is 7. The Morgan fingerprint density at radius 3 is 1.53 bits per heavy atom. The van der Waals surface area contributed by atoms with E-state index in [1.165, 1.54) is 0 Å². The van der Waals surface area contributed by atoms with Gasteiger partial charge in [0.05, 0.1) is 0 Å². The molecule has 17 heavy (non-hydrogen) atoms. The largest absolute Gasteiger partial charge is 0.147 e. The van der Waals surface area contributed by atoms with Gasteiger partial charge in [0.2, 0.25) is 0 Å². The monoisotopic (exact) mass is 398 g/mol. The van der Waals surface area contributed by atoms with Crippen LogP contribution in [0.1, 0.15) is 16.7 Å². The van der Waals surface area contributed by atoms with Crippen molar-refractivity contribution in [2.24, 2.45) is 0 Å². The fraction of sp³-hybridized carbons (Fsp3) is 0.333. The Labute approximate surface area is 147 Å². The zero-order chi connectivity index (χ0) is 8.97. The van der Waals surface area contributed by atoms with Gasteiger partial charge in [-0.2, -0.15) is 0 Å². The van der Waals surface area contributed by atoms with Crippen molar-refractivity contribution in [2.75, 3.05) is 0 Å². The van der Waals surface area contributed by atoms with Crippen LogP contribution in [0.2, 0.25) is 0 Å². The molecule has 0 aliphatic heterocycles. The topological polar surface area (TPSA) is 0 Å². The van der Waals surface area contributed by atoms with E-state index in [2.05, 4.69) is 0 Å². The highest BCUT2D eigenvalue weighted by Crippen LogP contribution is 2.17. The summed E-state index contributed by atoms with van der Waals surface area (Å²) in [6, 6.07) is 5.95. The summed E-state index contributed by atoms with van der Waals surface area (Å²) in [4.78, 5) is 0. The summed E-state index contributed by atoms with van der Waals surface area (Å²) in [6.45, 7) is 0. The molecule has 0 unspecified atom stereocenters. The predicted molar refractivity (Wildman–Crippen MR) is 95.4 cm³/mol. The highest BCUT2D eigenvalue weighted by Gasteiger charge is 2.00. The van der Waals surface area contributed by atoms with E-state index in [1.54, 1.807) is 0 Å². The maximum absolute atomic E-state index is 5.74. The van der Waals surface area contributed by atoms with Crippen molar-refractivity contribution >= 4 is 95.4 Å². The number of hydrogen-bond acceptors (Lipinski definition) is 0. The summed E-state index contributed by atoms with van der Waals surface area (Å²) in [7, 11) is 0. The van der Waals surface area contributed by atoms with Gasteiger partial charge >= 0.3 is 0 Å². The first-order valence-corrected chi connectivity index (χ1v) is 5.20. The molecule has 0 saturated carbocycles. The highest BCUT2D eigenvalue weighted by molar-refractivity contribution is 6.19. The van der Waals surface area contributed by atoms with Crippen molar-refractivity contribution in [1.82, 2.24) is 0 Å². The van der Waals surface area contributed by atoms with Gasteiger partial charge in [-0.3, -0.25) is 0 Å². The Hall–Kier alpha value is 1.47. The van der Waals surface area contributed by atoms with Crippen molar-refractivity contribution in [3.8, 4) is 0 Å². The van der Waals surface area contributed by atoms with Crippen LogP contribution in [0.15, 0.2) is 18.2 Å². The molecule has 0 saturated heterocycles. The second-order valence-corrected chi connectivity index (χ2v) is 3.31. The smallest absolute Gasteiger partial charge is 0.0477 e. The van der Waals surface area contributed by atoms with Gasteiger partial charge in [-0.15, -0.1) is 84.4 Å². The summed E-state index contributed by atoms with van der Waals surface area (Å²) >= 11 is 17.1. The number of benzene rings is 1. The number of alkyl halides is 3. The van der Waals surface area contributed by atoms with E-state index < -0.39 is 0 Å². The van der Waals surface area contributed by atoms with E-state index >= 15 is 0 Å². The fourth-order valence-electron chi connectivity index (χ4n) is 1.02. The summed E-state index contributed by atoms with van der Waals surface area (Å²) in [6.07, 6.45) is 0. The van der Waals surface area contributed by atoms with Crippen molar-refractivity contribution in [3.63, 3.8) is 0 Å². The second-order valence-electron chi connectivity index (χ2n) is 2.50. The Bertz CT molecular complexity index is 270. The standard InChI is InChI=1S/C9H9Cl3.4ClH.H4Si/c10-4-7-1-2-8(5-11)9(3-7)6-12;;;;;/h1-3H,4-6H2;4*1H;1H4. The predicted octanol–water partition coefficient (Wildman–Crippen LogP) is 4.14. The maximum Gasteiger partial charge on any atom is 0.0477 e. The molecular weight excluding hydrogens is 384 g/mol. The Kier molecular flexibility index (Phi) is 31.9. The molecule has 1 aromatic carbocycles. The molecule has 0 atom stereocenters. The van der Waals surface area contributed by atoms with E-state index in [-0.39, 0.29) is 60.6 Å². The second kappa shape index (κ2) is 17.5. The maximum atomic E-state index is 5.74. The van der Waals surface area contributed by atoms with Gasteiger partial charge in [-0.05, 0) is 27.7 Å². The molecule has 0 aliphatic carbocycles. The molecule has 0 spiro atoms. The van der Waals surface area contributed by atoms with Crippen LogP contribution in [0.5, 0.6) is 0 Å². The number of rotatable bonds is 3. The third-order valence-corrected chi connectivity index (χ3v) is 2.60. The van der Waals surface area contributed by atoms with Crippen LogP contribution >= 0.6 is 84.4 Å². The minimum atomic E-state index is 0. The molecule has 0 heterocycles. The van der Waals surface area contributed by atoms with Gasteiger partial charge in [-0.25, -0.2) is 0 Å². The molecule has 8 heteroatoms. The van der Waals surface area contributed by atoms with Crippen LogP contribution in [0.4, 0.5) is 0 Å². The lowest BCUT2D eigenvalue weighted by atomic mass is 10.1. The molecule has 106 valence electrons. The van der Waals surface area contributed by atoms with Crippen LogP contribution in [0.3, 0.4) is 0 Å². The molecular formula is C9H17Cl7Si. The normalized spacial score (nSPS) is 7.24. The van der Waals surface area contributed by atoms with Crippen LogP contribution in [-0.4, -0.2) is 11.0 Å². The number of hydrogen-bond donors (Lipinski definition) is 0. The summed E-state index contributed by atoms with van der Waals surface area (Å²) in [5.74, 6) is 1.52. The molecule has 0 aromatic heterocycles. The van der Waals surface area contributed by atoms with E-state index in [0.717, 1.165) is 16.7 Å². The molecule has 0 fully saturated rings. The molecule has 0 radical (unpaired) electrons. The minimum absolute atomic E-state index is 0. The molecule has 0 aliphatic rings. The Morgan fingerprint density at radius 1 is 0.706 bits per heavy atom. The summed E-state index contributed by atoms with van der Waals surface area (Å²) in [5, 5.41) is 0. The SMILES string of the molecule is Cl.Cl.Cl.Cl.ClCc1ccc(CCl)c(CCl)c1.[SiH4]. The molecule has 0 nitrogen and oxygen atoms in total. The zero-order valence-electron chi connectivity index (χ0n) is 8.12. The van der Waals surface area contributed by atoms with Crippen molar-refractivity contribution < 1.29 is 0 Å². The van der Waals surface area contributed by atoms with Gasteiger partial charge in [0.25, 0.3) is 0 Å². The van der Waals surface area contributed by atoms with Crippen molar-refractivity contribution in [1.29, 1.82) is 0 Å². The average molecular weight is 401 g/mol. The Morgan fingerprint density at radius 2 is 1.18 bits per heavy atom. The van der Waals surface area contributed by atoms with Gasteiger partial charge < -0.3 is 0 Å². The lowest BCUT2D eigenvalue weighted by molar-refractivity contribution is 1.23. The molecule has 0 N–H and O–H groups in total. The lowest BCUT2D eigenvalue weighted by Crippen LogP contribution is -1.90.